The van der Waals surface area contributed by atoms with Crippen LogP contribution in [0.2, 0.25) is 0 Å². The van der Waals surface area contributed by atoms with Crippen LogP contribution in [0.25, 0.3) is 5.65 Å². The van der Waals surface area contributed by atoms with Crippen LogP contribution in [0.3, 0.4) is 0 Å². The number of pyridine rings is 1. The lowest BCUT2D eigenvalue weighted by atomic mass is 10.2. The molecule has 13 heavy (non-hydrogen) atoms. The molecule has 2 aromatic rings. The van der Waals surface area contributed by atoms with E-state index in [2.05, 4.69) is 4.98 Å². The average molecular weight is 178 g/mol. The lowest BCUT2D eigenvalue weighted by Crippen LogP contribution is -1.98. The van der Waals surface area contributed by atoms with Crippen LogP contribution < -0.4 is 0 Å². The van der Waals surface area contributed by atoms with Crippen LogP contribution in [-0.2, 0) is 0 Å². The Morgan fingerprint density at radius 1 is 1.54 bits per heavy atom. The first-order valence-corrected chi connectivity index (χ1v) is 3.57. The van der Waals surface area contributed by atoms with E-state index in [1.807, 2.05) is 0 Å². The quantitative estimate of drug-likeness (QED) is 0.675. The van der Waals surface area contributed by atoms with Gasteiger partial charge < -0.3 is 14.6 Å². The first-order valence-electron chi connectivity index (χ1n) is 3.57. The number of carboxylic acids is 1. The van der Waals surface area contributed by atoms with E-state index in [0.29, 0.717) is 5.65 Å². The average Bonchev–Trinajstić information content (AvgIpc) is 2.48. The monoisotopic (exact) mass is 178 g/mol. The molecule has 0 aromatic carbocycles. The summed E-state index contributed by atoms with van der Waals surface area (Å²) in [4.78, 5) is 14.5. The number of aromatic hydroxyl groups is 1. The molecule has 5 heteroatoms. The van der Waals surface area contributed by atoms with E-state index in [0.717, 1.165) is 0 Å². The van der Waals surface area contributed by atoms with Crippen molar-refractivity contribution in [2.75, 3.05) is 0 Å². The minimum atomic E-state index is -1.16. The van der Waals surface area contributed by atoms with Gasteiger partial charge in [-0.1, -0.05) is 0 Å². The van der Waals surface area contributed by atoms with Crippen molar-refractivity contribution in [3.05, 3.63) is 30.2 Å². The maximum atomic E-state index is 10.6. The molecule has 2 aromatic heterocycles. The highest BCUT2D eigenvalue weighted by Crippen LogP contribution is 2.17. The molecule has 0 atom stereocenters. The van der Waals surface area contributed by atoms with E-state index in [4.69, 9.17) is 5.11 Å². The fraction of sp³-hybridized carbons (Fsp3) is 0. The van der Waals surface area contributed by atoms with Crippen LogP contribution in [0.5, 0.6) is 5.75 Å². The number of nitrogens with zero attached hydrogens (tertiary/aromatic N) is 2. The van der Waals surface area contributed by atoms with Gasteiger partial charge in [0.2, 0.25) is 0 Å². The van der Waals surface area contributed by atoms with Gasteiger partial charge in [0.15, 0.2) is 0 Å². The number of carboxylic acid groups (broad SMARTS) is 1. The Hall–Kier alpha value is -2.04. The number of imidazole rings is 1. The Bertz CT molecular complexity index is 475. The predicted molar refractivity (Wildman–Crippen MR) is 43.8 cm³/mol. The van der Waals surface area contributed by atoms with Gasteiger partial charge in [-0.25, -0.2) is 9.78 Å². The molecule has 5 nitrogen and oxygen atoms in total. The lowest BCUT2D eigenvalue weighted by molar-refractivity contribution is 0.0693. The zero-order valence-electron chi connectivity index (χ0n) is 6.51. The molecular formula is C8H6N2O3. The second kappa shape index (κ2) is 2.48. The molecule has 0 saturated heterocycles. The third-order valence-electron chi connectivity index (χ3n) is 1.74. The zero-order chi connectivity index (χ0) is 9.42. The zero-order valence-corrected chi connectivity index (χ0v) is 6.51. The second-order valence-corrected chi connectivity index (χ2v) is 2.57. The normalized spacial score (nSPS) is 10.5. The summed E-state index contributed by atoms with van der Waals surface area (Å²) in [5.41, 5.74) is 0.355. The van der Waals surface area contributed by atoms with Crippen molar-refractivity contribution in [2.45, 2.75) is 0 Å². The molecule has 66 valence electrons. The molecule has 0 aliphatic rings. The molecule has 2 N–H and O–H groups in total. The van der Waals surface area contributed by atoms with Gasteiger partial charge in [-0.15, -0.1) is 0 Å². The van der Waals surface area contributed by atoms with Crippen molar-refractivity contribution in [1.82, 2.24) is 9.38 Å². The first-order chi connectivity index (χ1) is 6.18. The molecular weight excluding hydrogens is 172 g/mol. The molecule has 0 radical (unpaired) electrons. The smallest absolute Gasteiger partial charge is 0.339 e. The number of hydrogen-bond acceptors (Lipinski definition) is 3. The minimum absolute atomic E-state index is 0.140. The summed E-state index contributed by atoms with van der Waals surface area (Å²) in [6, 6.07) is 1.32. The maximum absolute atomic E-state index is 10.6. The number of aromatic carboxylic acids is 1. The fourth-order valence-corrected chi connectivity index (χ4v) is 1.12. The van der Waals surface area contributed by atoms with E-state index in [9.17, 15) is 9.90 Å². The lowest BCUT2D eigenvalue weighted by Gasteiger charge is -1.99. The topological polar surface area (TPSA) is 74.8 Å². The molecule has 0 bridgehead atoms. The Kier molecular flexibility index (Phi) is 1.45. The van der Waals surface area contributed by atoms with Gasteiger partial charge in [-0.05, 0) is 6.07 Å². The summed E-state index contributed by atoms with van der Waals surface area (Å²) >= 11 is 0. The summed E-state index contributed by atoms with van der Waals surface area (Å²) < 4.78 is 1.54. The largest absolute Gasteiger partial charge is 0.505 e. The minimum Gasteiger partial charge on any atom is -0.505 e. The highest BCUT2D eigenvalue weighted by Gasteiger charge is 2.10. The predicted octanol–water partition coefficient (Wildman–Crippen LogP) is 0.738. The highest BCUT2D eigenvalue weighted by atomic mass is 16.4. The summed E-state index contributed by atoms with van der Waals surface area (Å²) in [7, 11) is 0. The Morgan fingerprint density at radius 3 is 3.00 bits per heavy atom. The van der Waals surface area contributed by atoms with Crippen LogP contribution in [0.15, 0.2) is 24.7 Å². The van der Waals surface area contributed by atoms with Gasteiger partial charge in [-0.3, -0.25) is 0 Å². The van der Waals surface area contributed by atoms with Crippen molar-refractivity contribution in [3.63, 3.8) is 0 Å². The fourth-order valence-electron chi connectivity index (χ4n) is 1.12. The molecule has 0 saturated carbocycles. The Balaban J connectivity index is 2.76. The molecule has 0 aliphatic heterocycles. The highest BCUT2D eigenvalue weighted by molar-refractivity contribution is 5.91. The van der Waals surface area contributed by atoms with Gasteiger partial charge in [0.1, 0.15) is 17.0 Å². The van der Waals surface area contributed by atoms with Crippen molar-refractivity contribution < 1.29 is 15.0 Å². The number of carbonyl (C=O) groups is 1. The summed E-state index contributed by atoms with van der Waals surface area (Å²) in [6.45, 7) is 0. The van der Waals surface area contributed by atoms with Crippen molar-refractivity contribution in [3.8, 4) is 5.75 Å². The number of aromatic nitrogens is 2. The molecule has 0 fully saturated rings. The van der Waals surface area contributed by atoms with Gasteiger partial charge in [0.25, 0.3) is 0 Å². The van der Waals surface area contributed by atoms with Crippen LogP contribution in [0, 0.1) is 0 Å². The Labute approximate surface area is 72.9 Å². The summed E-state index contributed by atoms with van der Waals surface area (Å²) in [5, 5.41) is 17.9. The molecule has 0 unspecified atom stereocenters. The number of hydrogen-bond donors (Lipinski definition) is 2. The van der Waals surface area contributed by atoms with Gasteiger partial charge in [-0.2, -0.15) is 0 Å². The first kappa shape index (κ1) is 7.60. The van der Waals surface area contributed by atoms with Crippen LogP contribution >= 0.6 is 0 Å². The number of fused-ring (bicyclic) bond motifs is 1. The third-order valence-corrected chi connectivity index (χ3v) is 1.74. The number of rotatable bonds is 1. The van der Waals surface area contributed by atoms with E-state index in [-0.39, 0.29) is 11.3 Å². The standard InChI is InChI=1S/C8H6N2O3/c11-6-4-10-2-1-9-7(10)3-5(6)8(12)13/h1-4,11H,(H,12,13). The summed E-state index contributed by atoms with van der Waals surface area (Å²) in [6.07, 6.45) is 4.47. The van der Waals surface area contributed by atoms with Crippen molar-refractivity contribution >= 4 is 11.6 Å². The van der Waals surface area contributed by atoms with E-state index < -0.39 is 5.97 Å². The third kappa shape index (κ3) is 1.10. The van der Waals surface area contributed by atoms with E-state index >= 15 is 0 Å². The van der Waals surface area contributed by atoms with E-state index in [1.165, 1.54) is 18.5 Å². The Morgan fingerprint density at radius 2 is 2.31 bits per heavy atom. The van der Waals surface area contributed by atoms with Gasteiger partial charge >= 0.3 is 5.97 Å². The van der Waals surface area contributed by atoms with Crippen LogP contribution in [0.4, 0.5) is 0 Å². The van der Waals surface area contributed by atoms with Gasteiger partial charge in [0.05, 0.1) is 6.20 Å². The van der Waals surface area contributed by atoms with E-state index in [1.54, 1.807) is 10.6 Å². The molecule has 0 spiro atoms. The van der Waals surface area contributed by atoms with Crippen LogP contribution in [-0.4, -0.2) is 25.6 Å². The van der Waals surface area contributed by atoms with Gasteiger partial charge in [0, 0.05) is 12.4 Å². The van der Waals surface area contributed by atoms with Crippen LogP contribution in [0.1, 0.15) is 10.4 Å². The maximum Gasteiger partial charge on any atom is 0.339 e. The molecule has 0 aliphatic carbocycles. The second-order valence-electron chi connectivity index (χ2n) is 2.57. The van der Waals surface area contributed by atoms with Crippen molar-refractivity contribution in [2.24, 2.45) is 0 Å². The van der Waals surface area contributed by atoms with Crippen molar-refractivity contribution in [1.29, 1.82) is 0 Å². The molecule has 2 rings (SSSR count). The molecule has 2 heterocycles. The SMILES string of the molecule is O=C(O)c1cc2nccn2cc1O. The summed E-state index contributed by atoms with van der Waals surface area (Å²) in [5.74, 6) is -1.43. The molecule has 0 amide bonds.